The summed E-state index contributed by atoms with van der Waals surface area (Å²) in [6.07, 6.45) is -1.71. The molecule has 1 aliphatic rings. The van der Waals surface area contributed by atoms with E-state index in [2.05, 4.69) is 27.2 Å². The molecule has 1 heterocycles. The Kier molecular flexibility index (Phi) is 7.20. The molecule has 34 heavy (non-hydrogen) atoms. The average molecular weight is 463 g/mol. The quantitative estimate of drug-likeness (QED) is 0.440. The minimum Gasteiger partial charge on any atom is -0.465 e. The van der Waals surface area contributed by atoms with Crippen LogP contribution >= 0.6 is 0 Å². The number of nitrogens with zero attached hydrogens (tertiary/aromatic N) is 1. The van der Waals surface area contributed by atoms with Crippen molar-refractivity contribution < 1.29 is 29.3 Å². The van der Waals surface area contributed by atoms with Gasteiger partial charge in [-0.3, -0.25) is 4.98 Å². The van der Waals surface area contributed by atoms with Gasteiger partial charge in [-0.1, -0.05) is 48.5 Å². The normalized spacial score (nSPS) is 14.0. The highest BCUT2D eigenvalue weighted by atomic mass is 16.5. The summed E-state index contributed by atoms with van der Waals surface area (Å²) in [5.74, 6) is -0.610. The van der Waals surface area contributed by atoms with Crippen molar-refractivity contribution in [3.8, 4) is 11.1 Å². The molecule has 1 amide bonds. The van der Waals surface area contributed by atoms with Crippen LogP contribution in [0.25, 0.3) is 11.1 Å². The zero-order valence-corrected chi connectivity index (χ0v) is 18.7. The van der Waals surface area contributed by atoms with Crippen molar-refractivity contribution in [2.45, 2.75) is 24.5 Å². The van der Waals surface area contributed by atoms with Gasteiger partial charge in [0.15, 0.2) is 0 Å². The molecule has 8 heteroatoms. The molecular formula is C26H26N2O6. The van der Waals surface area contributed by atoms with Gasteiger partial charge in [0, 0.05) is 18.7 Å². The van der Waals surface area contributed by atoms with Crippen LogP contribution in [0.5, 0.6) is 0 Å². The third kappa shape index (κ3) is 4.93. The number of benzene rings is 2. The number of hydrogen-bond donors (Lipinski definition) is 3. The molecule has 3 N–H and O–H groups in total. The number of fused-ring (bicyclic) bond motifs is 3. The van der Waals surface area contributed by atoms with Gasteiger partial charge in [-0.05, 0) is 40.8 Å². The van der Waals surface area contributed by atoms with Crippen molar-refractivity contribution in [2.75, 3.05) is 20.3 Å². The van der Waals surface area contributed by atoms with Gasteiger partial charge in [-0.25, -0.2) is 9.59 Å². The van der Waals surface area contributed by atoms with E-state index in [0.29, 0.717) is 0 Å². The molecule has 0 saturated carbocycles. The highest BCUT2D eigenvalue weighted by Gasteiger charge is 2.29. The first-order chi connectivity index (χ1) is 16.5. The lowest BCUT2D eigenvalue weighted by molar-refractivity contribution is 0.0111. The van der Waals surface area contributed by atoms with Crippen LogP contribution in [0.2, 0.25) is 0 Å². The molecule has 3 aromatic rings. The van der Waals surface area contributed by atoms with Gasteiger partial charge >= 0.3 is 12.1 Å². The number of aliphatic hydroxyl groups is 2. The van der Waals surface area contributed by atoms with E-state index in [9.17, 15) is 19.8 Å². The summed E-state index contributed by atoms with van der Waals surface area (Å²) < 4.78 is 10.1. The minimum atomic E-state index is -1.33. The smallest absolute Gasteiger partial charge is 0.407 e. The zero-order chi connectivity index (χ0) is 24.1. The number of alkyl carbamates (subject to hydrolysis) is 1. The molecule has 0 aliphatic heterocycles. The van der Waals surface area contributed by atoms with E-state index in [4.69, 9.17) is 4.74 Å². The Balaban J connectivity index is 1.28. The number of hydrogen-bond acceptors (Lipinski definition) is 7. The van der Waals surface area contributed by atoms with Gasteiger partial charge in [0.1, 0.15) is 12.7 Å². The Labute approximate surface area is 197 Å². The number of pyridine rings is 1. The lowest BCUT2D eigenvalue weighted by Gasteiger charge is -2.18. The van der Waals surface area contributed by atoms with Crippen LogP contribution in [0, 0.1) is 0 Å². The van der Waals surface area contributed by atoms with E-state index < -0.39 is 24.3 Å². The molecule has 2 atom stereocenters. The summed E-state index contributed by atoms with van der Waals surface area (Å²) in [6, 6.07) is 19.0. The minimum absolute atomic E-state index is 0.0428. The van der Waals surface area contributed by atoms with E-state index >= 15 is 0 Å². The Morgan fingerprint density at radius 2 is 1.68 bits per heavy atom. The molecule has 0 spiro atoms. The number of amides is 1. The van der Waals surface area contributed by atoms with Gasteiger partial charge in [-0.15, -0.1) is 0 Å². The third-order valence-corrected chi connectivity index (χ3v) is 5.92. The lowest BCUT2D eigenvalue weighted by atomic mass is 9.98. The van der Waals surface area contributed by atoms with Gasteiger partial charge in [0.05, 0.1) is 24.5 Å². The SMILES string of the molecule is COC(=O)c1ccnc(C(O)C(O)CCNC(=O)OCC2c3ccccc3-c3ccccc32)c1. The molecule has 2 aromatic carbocycles. The van der Waals surface area contributed by atoms with Crippen LogP contribution in [-0.2, 0) is 9.47 Å². The predicted octanol–water partition coefficient (Wildman–Crippen LogP) is 3.19. The first-order valence-electron chi connectivity index (χ1n) is 11.0. The highest BCUT2D eigenvalue weighted by molar-refractivity contribution is 5.89. The fraction of sp³-hybridized carbons (Fsp3) is 0.269. The number of methoxy groups -OCH3 is 1. The maximum atomic E-state index is 12.3. The van der Waals surface area contributed by atoms with Crippen LogP contribution in [0.1, 0.15) is 45.6 Å². The first kappa shape index (κ1) is 23.4. The zero-order valence-electron chi connectivity index (χ0n) is 18.7. The Hall–Kier alpha value is -3.75. The first-order valence-corrected chi connectivity index (χ1v) is 11.0. The summed E-state index contributed by atoms with van der Waals surface area (Å²) in [4.78, 5) is 27.9. The maximum Gasteiger partial charge on any atom is 0.407 e. The van der Waals surface area contributed by atoms with Crippen molar-refractivity contribution >= 4 is 12.1 Å². The number of nitrogens with one attached hydrogen (secondary N) is 1. The summed E-state index contributed by atoms with van der Waals surface area (Å²) in [6.45, 7) is 0.279. The molecule has 2 unspecified atom stereocenters. The largest absolute Gasteiger partial charge is 0.465 e. The van der Waals surface area contributed by atoms with Crippen LogP contribution in [0.3, 0.4) is 0 Å². The van der Waals surface area contributed by atoms with Crippen LogP contribution in [0.15, 0.2) is 66.9 Å². The maximum absolute atomic E-state index is 12.3. The van der Waals surface area contributed by atoms with Crippen molar-refractivity contribution in [3.05, 3.63) is 89.2 Å². The number of rotatable bonds is 8. The number of aliphatic hydroxyl groups excluding tert-OH is 2. The molecule has 176 valence electrons. The van der Waals surface area contributed by atoms with Crippen LogP contribution < -0.4 is 5.32 Å². The number of carbonyl (C=O) groups excluding carboxylic acids is 2. The molecule has 4 rings (SSSR count). The van der Waals surface area contributed by atoms with Crippen molar-refractivity contribution in [1.82, 2.24) is 10.3 Å². The van der Waals surface area contributed by atoms with Crippen molar-refractivity contribution in [1.29, 1.82) is 0 Å². The molecule has 1 aromatic heterocycles. The monoisotopic (exact) mass is 462 g/mol. The summed E-state index contributed by atoms with van der Waals surface area (Å²) in [5.41, 5.74) is 4.89. The topological polar surface area (TPSA) is 118 Å². The Morgan fingerprint density at radius 1 is 1.03 bits per heavy atom. The standard InChI is InChI=1S/C26H26N2O6/c1-33-25(31)16-10-12-27-22(14-16)24(30)23(29)11-13-28-26(32)34-15-21-19-8-4-2-6-17(19)18-7-3-5-9-20(18)21/h2-10,12,14,21,23-24,29-30H,11,13,15H2,1H3,(H,28,32). The predicted molar refractivity (Wildman–Crippen MR) is 124 cm³/mol. The molecular weight excluding hydrogens is 436 g/mol. The van der Waals surface area contributed by atoms with E-state index in [1.54, 1.807) is 0 Å². The summed E-state index contributed by atoms with van der Waals surface area (Å²) >= 11 is 0. The number of aromatic nitrogens is 1. The average Bonchev–Trinajstić information content (AvgIpc) is 3.20. The van der Waals surface area contributed by atoms with Gasteiger partial charge in [0.25, 0.3) is 0 Å². The molecule has 0 radical (unpaired) electrons. The van der Waals surface area contributed by atoms with E-state index in [1.807, 2.05) is 36.4 Å². The second-order valence-corrected chi connectivity index (χ2v) is 8.01. The molecule has 0 fully saturated rings. The van der Waals surface area contributed by atoms with Crippen molar-refractivity contribution in [3.63, 3.8) is 0 Å². The van der Waals surface area contributed by atoms with Gasteiger partial charge in [0.2, 0.25) is 0 Å². The fourth-order valence-electron chi connectivity index (χ4n) is 4.18. The summed E-state index contributed by atoms with van der Waals surface area (Å²) in [7, 11) is 1.25. The van der Waals surface area contributed by atoms with Crippen LogP contribution in [-0.4, -0.2) is 53.6 Å². The van der Waals surface area contributed by atoms with Gasteiger partial charge in [-0.2, -0.15) is 0 Å². The van der Waals surface area contributed by atoms with E-state index in [1.165, 1.54) is 25.4 Å². The van der Waals surface area contributed by atoms with E-state index in [-0.39, 0.29) is 36.7 Å². The lowest BCUT2D eigenvalue weighted by Crippen LogP contribution is -2.31. The van der Waals surface area contributed by atoms with Crippen molar-refractivity contribution in [2.24, 2.45) is 0 Å². The third-order valence-electron chi connectivity index (χ3n) is 5.92. The number of carbonyl (C=O) groups is 2. The molecule has 0 bridgehead atoms. The molecule has 1 aliphatic carbocycles. The second kappa shape index (κ2) is 10.5. The molecule has 0 saturated heterocycles. The van der Waals surface area contributed by atoms with Gasteiger partial charge < -0.3 is 25.0 Å². The Bertz CT molecular complexity index is 1140. The number of esters is 1. The Morgan fingerprint density at radius 3 is 2.32 bits per heavy atom. The summed E-state index contributed by atoms with van der Waals surface area (Å²) in [5, 5.41) is 23.3. The highest BCUT2D eigenvalue weighted by Crippen LogP contribution is 2.44. The second-order valence-electron chi connectivity index (χ2n) is 8.01. The molecule has 8 nitrogen and oxygen atoms in total. The van der Waals surface area contributed by atoms with E-state index in [0.717, 1.165) is 22.3 Å². The fourth-order valence-corrected chi connectivity index (χ4v) is 4.18. The number of ether oxygens (including phenoxy) is 2. The van der Waals surface area contributed by atoms with Crippen LogP contribution in [0.4, 0.5) is 4.79 Å².